The molecule has 2 amide bonds. The zero-order chi connectivity index (χ0) is 21.6. The Morgan fingerprint density at radius 1 is 1.10 bits per heavy atom. The van der Waals surface area contributed by atoms with Crippen molar-refractivity contribution in [3.05, 3.63) is 59.9 Å². The Bertz CT molecular complexity index is 1070. The lowest BCUT2D eigenvalue weighted by molar-refractivity contribution is -0.130. The molecule has 0 spiro atoms. The van der Waals surface area contributed by atoms with Gasteiger partial charge in [0.1, 0.15) is 18.1 Å². The van der Waals surface area contributed by atoms with Crippen LogP contribution in [0, 0.1) is 0 Å². The van der Waals surface area contributed by atoms with Crippen LogP contribution in [0.2, 0.25) is 0 Å². The molecule has 1 N–H and O–H groups in total. The Hall–Kier alpha value is -3.35. The number of carbonyl (C=O) groups is 2. The Morgan fingerprint density at radius 2 is 1.90 bits per heavy atom. The van der Waals surface area contributed by atoms with E-state index in [-0.39, 0.29) is 11.8 Å². The van der Waals surface area contributed by atoms with Gasteiger partial charge in [0.05, 0.1) is 18.1 Å². The highest BCUT2D eigenvalue weighted by atomic mass is 16.5. The highest BCUT2D eigenvalue weighted by Crippen LogP contribution is 2.19. The Labute approximate surface area is 182 Å². The lowest BCUT2D eigenvalue weighted by Crippen LogP contribution is -2.31. The first-order chi connectivity index (χ1) is 15.2. The van der Waals surface area contributed by atoms with Crippen molar-refractivity contribution in [3.8, 4) is 5.75 Å². The summed E-state index contributed by atoms with van der Waals surface area (Å²) in [6.45, 7) is 2.53. The maximum absolute atomic E-state index is 12.7. The molecular formula is C24H28N4O3. The van der Waals surface area contributed by atoms with Crippen molar-refractivity contribution in [3.63, 3.8) is 0 Å². The first-order valence-corrected chi connectivity index (χ1v) is 10.8. The van der Waals surface area contributed by atoms with Gasteiger partial charge in [0.2, 0.25) is 5.91 Å². The highest BCUT2D eigenvalue weighted by molar-refractivity contribution is 5.94. The molecular weight excluding hydrogens is 392 g/mol. The molecule has 0 bridgehead atoms. The van der Waals surface area contributed by atoms with Crippen LogP contribution in [-0.2, 0) is 17.8 Å². The Morgan fingerprint density at radius 3 is 2.71 bits per heavy atom. The fourth-order valence-electron chi connectivity index (χ4n) is 4.01. The molecule has 2 heterocycles. The predicted molar refractivity (Wildman–Crippen MR) is 119 cm³/mol. The van der Waals surface area contributed by atoms with Crippen LogP contribution in [0.4, 0.5) is 0 Å². The summed E-state index contributed by atoms with van der Waals surface area (Å²) in [5.74, 6) is 1.55. The molecule has 0 unspecified atom stereocenters. The Balaban J connectivity index is 1.39. The molecule has 162 valence electrons. The molecule has 0 saturated carbocycles. The zero-order valence-electron chi connectivity index (χ0n) is 17.8. The monoisotopic (exact) mass is 420 g/mol. The predicted octanol–water partition coefficient (Wildman–Crippen LogP) is 3.03. The molecule has 0 aliphatic carbocycles. The smallest absolute Gasteiger partial charge is 0.251 e. The number of nitrogens with one attached hydrogen (secondary N) is 1. The molecule has 1 fully saturated rings. The fraction of sp³-hybridized carbons (Fsp3) is 0.375. The average Bonchev–Trinajstić information content (AvgIpc) is 3.45. The van der Waals surface area contributed by atoms with E-state index in [0.717, 1.165) is 49.2 Å². The van der Waals surface area contributed by atoms with Gasteiger partial charge in [-0.3, -0.25) is 9.59 Å². The quantitative estimate of drug-likeness (QED) is 0.569. The molecule has 0 radical (unpaired) electrons. The van der Waals surface area contributed by atoms with Crippen LogP contribution >= 0.6 is 0 Å². The van der Waals surface area contributed by atoms with E-state index in [1.807, 2.05) is 39.8 Å². The molecule has 4 rings (SSSR count). The van der Waals surface area contributed by atoms with E-state index in [0.29, 0.717) is 30.8 Å². The lowest BCUT2D eigenvalue weighted by atomic mass is 10.2. The van der Waals surface area contributed by atoms with E-state index < -0.39 is 0 Å². The van der Waals surface area contributed by atoms with Crippen LogP contribution in [0.3, 0.4) is 0 Å². The number of amides is 2. The Kier molecular flexibility index (Phi) is 6.50. The maximum Gasteiger partial charge on any atom is 0.251 e. The largest absolute Gasteiger partial charge is 0.497 e. The van der Waals surface area contributed by atoms with E-state index >= 15 is 0 Å². The molecule has 0 atom stereocenters. The van der Waals surface area contributed by atoms with Crippen LogP contribution in [0.15, 0.2) is 48.5 Å². The van der Waals surface area contributed by atoms with Crippen molar-refractivity contribution in [2.45, 2.75) is 32.2 Å². The third-order valence-corrected chi connectivity index (χ3v) is 5.68. The van der Waals surface area contributed by atoms with Crippen molar-refractivity contribution in [1.82, 2.24) is 19.8 Å². The number of aryl methyl sites for hydroxylation is 1. The van der Waals surface area contributed by atoms with Gasteiger partial charge in [0.25, 0.3) is 5.91 Å². The van der Waals surface area contributed by atoms with Crippen LogP contribution in [0.1, 0.15) is 35.4 Å². The number of rotatable bonds is 8. The molecule has 7 heteroatoms. The van der Waals surface area contributed by atoms with E-state index in [2.05, 4.69) is 5.32 Å². The third kappa shape index (κ3) is 4.87. The van der Waals surface area contributed by atoms with Crippen molar-refractivity contribution < 1.29 is 14.3 Å². The van der Waals surface area contributed by atoms with E-state index in [1.54, 1.807) is 25.3 Å². The maximum atomic E-state index is 12.7. The fourth-order valence-corrected chi connectivity index (χ4v) is 4.01. The summed E-state index contributed by atoms with van der Waals surface area (Å²) < 4.78 is 7.20. The molecule has 1 saturated heterocycles. The SMILES string of the molecule is COc1cccc(C(=O)NCCCc2nc3ccccc3n2CC(=O)N2CCCC2)c1. The summed E-state index contributed by atoms with van der Waals surface area (Å²) in [5, 5.41) is 2.95. The standard InChI is InChI=1S/C24H28N4O3/c1-31-19-9-6-8-18(16-19)24(30)25-13-7-12-22-26-20-10-2-3-11-21(20)28(22)17-23(29)27-14-4-5-15-27/h2-3,6,8-11,16H,4-5,7,12-15,17H2,1H3,(H,25,30). The number of carbonyl (C=O) groups excluding carboxylic acids is 2. The van der Waals surface area contributed by atoms with Gasteiger partial charge in [-0.05, 0) is 49.6 Å². The highest BCUT2D eigenvalue weighted by Gasteiger charge is 2.20. The molecule has 1 aromatic heterocycles. The second kappa shape index (κ2) is 9.64. The summed E-state index contributed by atoms with van der Waals surface area (Å²) >= 11 is 0. The van der Waals surface area contributed by atoms with Crippen molar-refractivity contribution >= 4 is 22.8 Å². The van der Waals surface area contributed by atoms with Gasteiger partial charge in [0, 0.05) is 31.6 Å². The summed E-state index contributed by atoms with van der Waals surface area (Å²) in [5.41, 5.74) is 2.44. The van der Waals surface area contributed by atoms with Gasteiger partial charge in [-0.2, -0.15) is 0 Å². The minimum absolute atomic E-state index is 0.128. The van der Waals surface area contributed by atoms with Crippen LogP contribution in [-0.4, -0.2) is 53.0 Å². The van der Waals surface area contributed by atoms with Crippen molar-refractivity contribution in [1.29, 1.82) is 0 Å². The van der Waals surface area contributed by atoms with Crippen LogP contribution in [0.25, 0.3) is 11.0 Å². The number of benzene rings is 2. The lowest BCUT2D eigenvalue weighted by Gasteiger charge is -2.17. The molecule has 1 aliphatic heterocycles. The van der Waals surface area contributed by atoms with Gasteiger partial charge < -0.3 is 19.5 Å². The van der Waals surface area contributed by atoms with Crippen molar-refractivity contribution in [2.75, 3.05) is 26.7 Å². The van der Waals surface area contributed by atoms with Gasteiger partial charge in [-0.1, -0.05) is 18.2 Å². The van der Waals surface area contributed by atoms with Crippen molar-refractivity contribution in [2.24, 2.45) is 0 Å². The number of hydrogen-bond donors (Lipinski definition) is 1. The van der Waals surface area contributed by atoms with Crippen LogP contribution in [0.5, 0.6) is 5.75 Å². The number of aromatic nitrogens is 2. The van der Waals surface area contributed by atoms with E-state index in [4.69, 9.17) is 9.72 Å². The van der Waals surface area contributed by atoms with Gasteiger partial charge in [0.15, 0.2) is 0 Å². The number of methoxy groups -OCH3 is 1. The van der Waals surface area contributed by atoms with Gasteiger partial charge in [-0.15, -0.1) is 0 Å². The summed E-state index contributed by atoms with van der Waals surface area (Å²) in [6, 6.07) is 15.0. The minimum Gasteiger partial charge on any atom is -0.497 e. The number of para-hydroxylation sites is 2. The number of fused-ring (bicyclic) bond motifs is 1. The molecule has 2 aromatic carbocycles. The third-order valence-electron chi connectivity index (χ3n) is 5.68. The van der Waals surface area contributed by atoms with Crippen LogP contribution < -0.4 is 10.1 Å². The number of ether oxygens (including phenoxy) is 1. The summed E-state index contributed by atoms with van der Waals surface area (Å²) in [6.07, 6.45) is 3.57. The average molecular weight is 421 g/mol. The second-order valence-electron chi connectivity index (χ2n) is 7.78. The van der Waals surface area contributed by atoms with E-state index in [1.165, 1.54) is 0 Å². The normalized spacial score (nSPS) is 13.5. The topological polar surface area (TPSA) is 76.5 Å². The summed E-state index contributed by atoms with van der Waals surface area (Å²) in [4.78, 5) is 31.8. The number of imidazole rings is 1. The van der Waals surface area contributed by atoms with Gasteiger partial charge in [-0.25, -0.2) is 4.98 Å². The first kappa shape index (κ1) is 20.9. The second-order valence-corrected chi connectivity index (χ2v) is 7.78. The number of likely N-dealkylation sites (tertiary alicyclic amines) is 1. The van der Waals surface area contributed by atoms with Gasteiger partial charge >= 0.3 is 0 Å². The minimum atomic E-state index is -0.128. The number of nitrogens with zero attached hydrogens (tertiary/aromatic N) is 3. The summed E-state index contributed by atoms with van der Waals surface area (Å²) in [7, 11) is 1.58. The molecule has 31 heavy (non-hydrogen) atoms. The molecule has 1 aliphatic rings. The number of hydrogen-bond acceptors (Lipinski definition) is 4. The molecule has 7 nitrogen and oxygen atoms in total. The zero-order valence-corrected chi connectivity index (χ0v) is 17.8. The van der Waals surface area contributed by atoms with E-state index in [9.17, 15) is 9.59 Å². The first-order valence-electron chi connectivity index (χ1n) is 10.8. The molecule has 3 aromatic rings.